The molecule has 0 aromatic heterocycles. The Balaban J connectivity index is 1.82. The lowest BCUT2D eigenvalue weighted by molar-refractivity contribution is 0.335. The SMILES string of the molecule is CCCC1(CCCCC2(CCC)C=CC=CN2)C=CC=CN1. The molecule has 0 saturated carbocycles. The summed E-state index contributed by atoms with van der Waals surface area (Å²) in [5.41, 5.74) is 0.383. The zero-order valence-corrected chi connectivity index (χ0v) is 14.3. The molecule has 2 nitrogen and oxygen atoms in total. The molecule has 0 amide bonds. The van der Waals surface area contributed by atoms with Gasteiger partial charge in [-0.1, -0.05) is 63.8 Å². The molecule has 122 valence electrons. The van der Waals surface area contributed by atoms with Gasteiger partial charge in [-0.2, -0.15) is 0 Å². The lowest BCUT2D eigenvalue weighted by atomic mass is 9.82. The van der Waals surface area contributed by atoms with Crippen LogP contribution in [0.2, 0.25) is 0 Å². The van der Waals surface area contributed by atoms with E-state index in [1.165, 1.54) is 51.4 Å². The first-order valence-corrected chi connectivity index (χ1v) is 8.98. The van der Waals surface area contributed by atoms with E-state index in [0.717, 1.165) is 0 Å². The number of hydrogen-bond donors (Lipinski definition) is 2. The van der Waals surface area contributed by atoms with Gasteiger partial charge in [-0.25, -0.2) is 0 Å². The van der Waals surface area contributed by atoms with Crippen LogP contribution in [0.5, 0.6) is 0 Å². The van der Waals surface area contributed by atoms with Crippen LogP contribution in [-0.2, 0) is 0 Å². The minimum Gasteiger partial charge on any atom is -0.382 e. The number of unbranched alkanes of at least 4 members (excludes halogenated alkanes) is 1. The van der Waals surface area contributed by atoms with Crippen LogP contribution in [-0.4, -0.2) is 11.1 Å². The molecule has 2 heteroatoms. The molecule has 2 heterocycles. The highest BCUT2D eigenvalue weighted by atomic mass is 15.0. The Morgan fingerprint density at radius 1 is 0.636 bits per heavy atom. The predicted octanol–water partition coefficient (Wildman–Crippen LogP) is 4.97. The van der Waals surface area contributed by atoms with Crippen molar-refractivity contribution in [2.24, 2.45) is 0 Å². The number of nitrogens with one attached hydrogen (secondary N) is 2. The zero-order valence-electron chi connectivity index (χ0n) is 14.3. The van der Waals surface area contributed by atoms with E-state index < -0.39 is 0 Å². The van der Waals surface area contributed by atoms with Crippen LogP contribution in [0.25, 0.3) is 0 Å². The summed E-state index contributed by atoms with van der Waals surface area (Å²) >= 11 is 0. The maximum absolute atomic E-state index is 3.60. The standard InChI is InChI=1S/C20H32N2/c1-3-11-19(15-7-9-17-21-19)13-5-6-14-20(12-4-2)16-8-10-18-22-20/h7-10,15-18,21-22H,3-6,11-14H2,1-2H3. The normalized spacial score (nSPS) is 29.4. The van der Waals surface area contributed by atoms with Crippen LogP contribution < -0.4 is 10.6 Å². The van der Waals surface area contributed by atoms with Gasteiger partial charge in [0.25, 0.3) is 0 Å². The van der Waals surface area contributed by atoms with Gasteiger partial charge < -0.3 is 10.6 Å². The lowest BCUT2D eigenvalue weighted by Gasteiger charge is -2.35. The second kappa shape index (κ2) is 8.26. The van der Waals surface area contributed by atoms with Crippen molar-refractivity contribution in [1.82, 2.24) is 10.6 Å². The first kappa shape index (κ1) is 16.9. The topological polar surface area (TPSA) is 24.1 Å². The highest BCUT2D eigenvalue weighted by molar-refractivity contribution is 5.20. The third kappa shape index (κ3) is 4.53. The third-order valence-electron chi connectivity index (χ3n) is 4.87. The van der Waals surface area contributed by atoms with Crippen molar-refractivity contribution in [3.8, 4) is 0 Å². The molecule has 0 saturated heterocycles. The van der Waals surface area contributed by atoms with Crippen LogP contribution in [0.4, 0.5) is 0 Å². The molecule has 22 heavy (non-hydrogen) atoms. The van der Waals surface area contributed by atoms with Crippen LogP contribution >= 0.6 is 0 Å². The smallest absolute Gasteiger partial charge is 0.0553 e. The Kier molecular flexibility index (Phi) is 6.35. The minimum atomic E-state index is 0.192. The Hall–Kier alpha value is -1.44. The molecule has 2 aliphatic heterocycles. The lowest BCUT2D eigenvalue weighted by Crippen LogP contribution is -2.42. The monoisotopic (exact) mass is 300 g/mol. The van der Waals surface area contributed by atoms with Crippen molar-refractivity contribution in [2.45, 2.75) is 76.3 Å². The van der Waals surface area contributed by atoms with E-state index in [0.29, 0.717) is 0 Å². The molecule has 0 fully saturated rings. The van der Waals surface area contributed by atoms with Crippen LogP contribution in [0.3, 0.4) is 0 Å². The molecular weight excluding hydrogens is 268 g/mol. The maximum atomic E-state index is 3.60. The summed E-state index contributed by atoms with van der Waals surface area (Å²) < 4.78 is 0. The molecule has 0 aromatic rings. The molecule has 2 aliphatic rings. The van der Waals surface area contributed by atoms with Crippen molar-refractivity contribution < 1.29 is 0 Å². The highest BCUT2D eigenvalue weighted by Crippen LogP contribution is 2.28. The van der Waals surface area contributed by atoms with Gasteiger partial charge >= 0.3 is 0 Å². The summed E-state index contributed by atoms with van der Waals surface area (Å²) in [4.78, 5) is 0. The fourth-order valence-electron chi connectivity index (χ4n) is 3.76. The largest absolute Gasteiger partial charge is 0.382 e. The molecule has 2 unspecified atom stereocenters. The van der Waals surface area contributed by atoms with Gasteiger partial charge in [-0.05, 0) is 50.2 Å². The van der Waals surface area contributed by atoms with Crippen LogP contribution in [0.1, 0.15) is 65.2 Å². The summed E-state index contributed by atoms with van der Waals surface area (Å²) in [7, 11) is 0. The molecular formula is C20H32N2. The molecule has 0 spiro atoms. The second-order valence-corrected chi connectivity index (χ2v) is 6.74. The minimum absolute atomic E-state index is 0.192. The van der Waals surface area contributed by atoms with Crippen molar-refractivity contribution in [1.29, 1.82) is 0 Å². The Morgan fingerprint density at radius 2 is 1.09 bits per heavy atom. The van der Waals surface area contributed by atoms with E-state index in [1.54, 1.807) is 0 Å². The number of allylic oxidation sites excluding steroid dienone is 4. The number of dihydropyridines is 2. The summed E-state index contributed by atoms with van der Waals surface area (Å²) in [5.74, 6) is 0. The fourth-order valence-corrected chi connectivity index (χ4v) is 3.76. The number of rotatable bonds is 9. The molecule has 0 aliphatic carbocycles. The molecule has 2 rings (SSSR count). The first-order chi connectivity index (χ1) is 10.7. The predicted molar refractivity (Wildman–Crippen MR) is 96.6 cm³/mol. The van der Waals surface area contributed by atoms with Crippen molar-refractivity contribution in [2.75, 3.05) is 0 Å². The van der Waals surface area contributed by atoms with E-state index in [-0.39, 0.29) is 11.1 Å². The summed E-state index contributed by atoms with van der Waals surface area (Å²) in [5, 5.41) is 7.20. The summed E-state index contributed by atoms with van der Waals surface area (Å²) in [6.07, 6.45) is 27.4. The average molecular weight is 300 g/mol. The summed E-state index contributed by atoms with van der Waals surface area (Å²) in [6.45, 7) is 4.55. The molecule has 0 aromatic carbocycles. The van der Waals surface area contributed by atoms with Crippen molar-refractivity contribution in [3.63, 3.8) is 0 Å². The van der Waals surface area contributed by atoms with Crippen LogP contribution in [0.15, 0.2) is 48.9 Å². The molecule has 0 bridgehead atoms. The van der Waals surface area contributed by atoms with Gasteiger partial charge in [0, 0.05) is 0 Å². The quantitative estimate of drug-likeness (QED) is 0.587. The van der Waals surface area contributed by atoms with E-state index in [2.05, 4.69) is 73.3 Å². The second-order valence-electron chi connectivity index (χ2n) is 6.74. The maximum Gasteiger partial charge on any atom is 0.0553 e. The first-order valence-electron chi connectivity index (χ1n) is 8.98. The van der Waals surface area contributed by atoms with Gasteiger partial charge in [-0.3, -0.25) is 0 Å². The third-order valence-corrected chi connectivity index (χ3v) is 4.87. The van der Waals surface area contributed by atoms with E-state index in [4.69, 9.17) is 0 Å². The zero-order chi connectivity index (χ0) is 15.7. The fraction of sp³-hybridized carbons (Fsp3) is 0.600. The van der Waals surface area contributed by atoms with Crippen molar-refractivity contribution in [3.05, 3.63) is 48.9 Å². The number of hydrogen-bond acceptors (Lipinski definition) is 2. The molecule has 2 N–H and O–H groups in total. The molecule has 0 radical (unpaired) electrons. The van der Waals surface area contributed by atoms with Gasteiger partial charge in [0.05, 0.1) is 11.1 Å². The van der Waals surface area contributed by atoms with Gasteiger partial charge in [0.15, 0.2) is 0 Å². The van der Waals surface area contributed by atoms with E-state index in [9.17, 15) is 0 Å². The van der Waals surface area contributed by atoms with E-state index in [1.807, 2.05) is 0 Å². The van der Waals surface area contributed by atoms with Crippen LogP contribution in [0, 0.1) is 0 Å². The Labute approximate surface area is 136 Å². The van der Waals surface area contributed by atoms with Gasteiger partial charge in [0.2, 0.25) is 0 Å². The average Bonchev–Trinajstić information content (AvgIpc) is 2.54. The highest BCUT2D eigenvalue weighted by Gasteiger charge is 2.27. The van der Waals surface area contributed by atoms with E-state index >= 15 is 0 Å². The Morgan fingerprint density at radius 3 is 1.41 bits per heavy atom. The summed E-state index contributed by atoms with van der Waals surface area (Å²) in [6, 6.07) is 0. The van der Waals surface area contributed by atoms with Gasteiger partial charge in [-0.15, -0.1) is 0 Å². The van der Waals surface area contributed by atoms with Crippen molar-refractivity contribution >= 4 is 0 Å². The Bertz CT molecular complexity index is 405. The molecule has 2 atom stereocenters. The van der Waals surface area contributed by atoms with Gasteiger partial charge in [0.1, 0.15) is 0 Å².